The number of benzene rings is 2. The quantitative estimate of drug-likeness (QED) is 0.861. The van der Waals surface area contributed by atoms with Gasteiger partial charge in [0, 0.05) is 28.8 Å². The number of fused-ring (bicyclic) bond motifs is 3. The number of hydrogen-bond acceptors (Lipinski definition) is 1. The summed E-state index contributed by atoms with van der Waals surface area (Å²) >= 11 is 12.5. The number of quaternary nitrogens is 1. The molecular weight excluding hydrogens is 341 g/mol. The molecule has 3 fully saturated rings. The first-order valence-corrected chi connectivity index (χ1v) is 9.41. The van der Waals surface area contributed by atoms with Crippen LogP contribution in [-0.2, 0) is 5.60 Å². The van der Waals surface area contributed by atoms with Crippen LogP contribution >= 0.6 is 23.2 Å². The summed E-state index contributed by atoms with van der Waals surface area (Å²) in [5, 5.41) is 13.3. The highest BCUT2D eigenvalue weighted by atomic mass is 35.5. The van der Waals surface area contributed by atoms with Crippen LogP contribution in [0.25, 0.3) is 0 Å². The van der Waals surface area contributed by atoms with Crippen molar-refractivity contribution in [3.8, 4) is 0 Å². The van der Waals surface area contributed by atoms with Gasteiger partial charge in [-0.15, -0.1) is 0 Å². The highest BCUT2D eigenvalue weighted by Gasteiger charge is 2.50. The van der Waals surface area contributed by atoms with Gasteiger partial charge in [-0.25, -0.2) is 0 Å². The Kier molecular flexibility index (Phi) is 4.34. The van der Waals surface area contributed by atoms with Crippen molar-refractivity contribution >= 4 is 23.2 Å². The van der Waals surface area contributed by atoms with Crippen molar-refractivity contribution < 1.29 is 10.0 Å². The van der Waals surface area contributed by atoms with Crippen LogP contribution < -0.4 is 4.90 Å². The van der Waals surface area contributed by atoms with Gasteiger partial charge in [-0.05, 0) is 41.3 Å². The molecule has 0 unspecified atom stereocenters. The molecule has 2 aromatic rings. The topological polar surface area (TPSA) is 24.7 Å². The monoisotopic (exact) mass is 362 g/mol. The van der Waals surface area contributed by atoms with E-state index < -0.39 is 5.60 Å². The standard InChI is InChI=1S/C20H21Cl2NO/c21-17-5-1-3-15(11-17)20(24,16-4-2-6-18(22)12-16)19-13-23-9-7-14(19)8-10-23/h1-6,11-12,14,19,24H,7-10,13H2/p+1/t19-/m1/s1. The number of aliphatic hydroxyl groups is 1. The van der Waals surface area contributed by atoms with Gasteiger partial charge in [0.25, 0.3) is 0 Å². The van der Waals surface area contributed by atoms with E-state index in [1.54, 1.807) is 4.90 Å². The predicted octanol–water partition coefficient (Wildman–Crippen LogP) is 3.15. The second kappa shape index (κ2) is 6.34. The van der Waals surface area contributed by atoms with Gasteiger partial charge < -0.3 is 10.0 Å². The number of hydrogen-bond donors (Lipinski definition) is 2. The number of rotatable bonds is 3. The first-order valence-electron chi connectivity index (χ1n) is 8.65. The third kappa shape index (κ3) is 2.76. The van der Waals surface area contributed by atoms with Crippen LogP contribution in [0.15, 0.2) is 48.5 Å². The maximum Gasteiger partial charge on any atom is 0.123 e. The molecule has 24 heavy (non-hydrogen) atoms. The lowest BCUT2D eigenvalue weighted by molar-refractivity contribution is -0.922. The zero-order chi connectivity index (χ0) is 16.7. The molecule has 0 amide bonds. The minimum Gasteiger partial charge on any atom is -0.380 e. The van der Waals surface area contributed by atoms with E-state index in [-0.39, 0.29) is 5.92 Å². The van der Waals surface area contributed by atoms with Crippen LogP contribution in [0, 0.1) is 11.8 Å². The molecule has 126 valence electrons. The molecule has 0 radical (unpaired) electrons. The third-order valence-electron chi connectivity index (χ3n) is 5.88. The SMILES string of the molecule is OC(c1cccc(Cl)c1)(c1cccc(Cl)c1)[C@@H]1C[NH+]2CCC1CC2. The summed E-state index contributed by atoms with van der Waals surface area (Å²) in [4.78, 5) is 1.60. The van der Waals surface area contributed by atoms with Crippen molar-refractivity contribution in [3.05, 3.63) is 69.7 Å². The van der Waals surface area contributed by atoms with Gasteiger partial charge in [0.05, 0.1) is 19.6 Å². The largest absolute Gasteiger partial charge is 0.380 e. The Balaban J connectivity index is 1.86. The summed E-state index contributed by atoms with van der Waals surface area (Å²) < 4.78 is 0. The third-order valence-corrected chi connectivity index (χ3v) is 6.35. The van der Waals surface area contributed by atoms with E-state index in [9.17, 15) is 5.11 Å². The predicted molar refractivity (Wildman–Crippen MR) is 97.7 cm³/mol. The van der Waals surface area contributed by atoms with Crippen LogP contribution in [0.3, 0.4) is 0 Å². The molecule has 0 spiro atoms. The van der Waals surface area contributed by atoms with Crippen LogP contribution in [0.5, 0.6) is 0 Å². The van der Waals surface area contributed by atoms with Gasteiger partial charge in [0.15, 0.2) is 0 Å². The molecule has 0 saturated carbocycles. The first-order chi connectivity index (χ1) is 11.6. The molecule has 3 saturated heterocycles. The Morgan fingerprint density at radius 3 is 1.88 bits per heavy atom. The van der Waals surface area contributed by atoms with Gasteiger partial charge >= 0.3 is 0 Å². The molecule has 5 rings (SSSR count). The Hall–Kier alpha value is -1.06. The molecule has 2 bridgehead atoms. The second-order valence-corrected chi connectivity index (χ2v) is 8.06. The molecule has 0 aliphatic carbocycles. The van der Waals surface area contributed by atoms with Crippen LogP contribution in [0.4, 0.5) is 0 Å². The maximum absolute atomic E-state index is 12.0. The molecule has 3 aliphatic heterocycles. The summed E-state index contributed by atoms with van der Waals surface area (Å²) in [6, 6.07) is 15.3. The van der Waals surface area contributed by atoms with Gasteiger partial charge in [-0.3, -0.25) is 0 Å². The smallest absolute Gasteiger partial charge is 0.123 e. The van der Waals surface area contributed by atoms with Crippen molar-refractivity contribution in [3.63, 3.8) is 0 Å². The van der Waals surface area contributed by atoms with E-state index >= 15 is 0 Å². The summed E-state index contributed by atoms with van der Waals surface area (Å²) in [5.41, 5.74) is 0.692. The van der Waals surface area contributed by atoms with Crippen molar-refractivity contribution in [1.82, 2.24) is 0 Å². The minimum absolute atomic E-state index is 0.187. The summed E-state index contributed by atoms with van der Waals surface area (Å²) in [7, 11) is 0. The fraction of sp³-hybridized carbons (Fsp3) is 0.400. The van der Waals surface area contributed by atoms with Gasteiger partial charge in [0.1, 0.15) is 5.60 Å². The molecule has 3 heterocycles. The molecular formula is C20H22Cl2NO+. The van der Waals surface area contributed by atoms with Crippen LogP contribution in [0.2, 0.25) is 10.0 Å². The number of piperidine rings is 3. The lowest BCUT2D eigenvalue weighted by Crippen LogP contribution is -3.16. The Bertz CT molecular complexity index is 694. The van der Waals surface area contributed by atoms with Crippen LogP contribution in [-0.4, -0.2) is 24.7 Å². The van der Waals surface area contributed by atoms with E-state index in [0.29, 0.717) is 16.0 Å². The molecule has 4 heteroatoms. The van der Waals surface area contributed by atoms with E-state index in [1.165, 1.54) is 25.9 Å². The highest BCUT2D eigenvalue weighted by Crippen LogP contribution is 2.44. The highest BCUT2D eigenvalue weighted by molar-refractivity contribution is 6.31. The van der Waals surface area contributed by atoms with E-state index in [0.717, 1.165) is 17.7 Å². The fourth-order valence-corrected chi connectivity index (χ4v) is 5.05. The summed E-state index contributed by atoms with van der Waals surface area (Å²) in [6.07, 6.45) is 2.37. The van der Waals surface area contributed by atoms with E-state index in [4.69, 9.17) is 23.2 Å². The van der Waals surface area contributed by atoms with Gasteiger partial charge in [-0.1, -0.05) is 47.5 Å². The number of halogens is 2. The Morgan fingerprint density at radius 2 is 1.46 bits per heavy atom. The van der Waals surface area contributed by atoms with E-state index in [1.807, 2.05) is 48.5 Å². The lowest BCUT2D eigenvalue weighted by Gasteiger charge is -2.49. The molecule has 0 aromatic heterocycles. The minimum atomic E-state index is -1.05. The van der Waals surface area contributed by atoms with Crippen molar-refractivity contribution in [2.45, 2.75) is 18.4 Å². The number of nitrogens with one attached hydrogen (secondary N) is 1. The van der Waals surface area contributed by atoms with Gasteiger partial charge in [-0.2, -0.15) is 0 Å². The molecule has 2 N–H and O–H groups in total. The first kappa shape index (κ1) is 16.4. The maximum atomic E-state index is 12.0. The van der Waals surface area contributed by atoms with Gasteiger partial charge in [0.2, 0.25) is 0 Å². The zero-order valence-corrected chi connectivity index (χ0v) is 15.0. The molecule has 3 aliphatic rings. The molecule has 2 aromatic carbocycles. The summed E-state index contributed by atoms with van der Waals surface area (Å²) in [6.45, 7) is 3.45. The average Bonchev–Trinajstić information content (AvgIpc) is 2.62. The van der Waals surface area contributed by atoms with Crippen molar-refractivity contribution in [2.75, 3.05) is 19.6 Å². The van der Waals surface area contributed by atoms with Crippen molar-refractivity contribution in [2.24, 2.45) is 11.8 Å². The normalized spacial score (nSPS) is 26.5. The van der Waals surface area contributed by atoms with Crippen LogP contribution in [0.1, 0.15) is 24.0 Å². The average molecular weight is 363 g/mol. The fourth-order valence-electron chi connectivity index (χ4n) is 4.67. The second-order valence-electron chi connectivity index (χ2n) is 7.19. The Labute approximate surface area is 153 Å². The summed E-state index contributed by atoms with van der Waals surface area (Å²) in [5.74, 6) is 0.734. The lowest BCUT2D eigenvalue weighted by atomic mass is 9.65. The van der Waals surface area contributed by atoms with E-state index in [2.05, 4.69) is 0 Å². The molecule has 2 nitrogen and oxygen atoms in total. The Morgan fingerprint density at radius 1 is 0.917 bits per heavy atom. The zero-order valence-electron chi connectivity index (χ0n) is 13.5. The van der Waals surface area contributed by atoms with Crippen molar-refractivity contribution in [1.29, 1.82) is 0 Å². The molecule has 1 atom stereocenters.